The van der Waals surface area contributed by atoms with Crippen molar-refractivity contribution in [3.05, 3.63) is 59.2 Å². The van der Waals surface area contributed by atoms with Crippen molar-refractivity contribution in [2.45, 2.75) is 19.5 Å². The van der Waals surface area contributed by atoms with E-state index < -0.39 is 11.7 Å². The van der Waals surface area contributed by atoms with Gasteiger partial charge in [0.05, 0.1) is 12.0 Å². The second-order valence-corrected chi connectivity index (χ2v) is 7.21. The van der Waals surface area contributed by atoms with Crippen molar-refractivity contribution in [2.24, 2.45) is 0 Å². The Hall–Kier alpha value is -2.54. The van der Waals surface area contributed by atoms with Gasteiger partial charge in [0.15, 0.2) is 0 Å². The van der Waals surface area contributed by atoms with E-state index in [1.807, 2.05) is 25.1 Å². The standard InChI is InChI=1S/C21H24F3N3O/c1-15-12-18(6-7-19(15)27-10-8-26(2)9-11-27)25-20(28)14-16-4-3-5-17(13-16)21(22,23)24/h3-7,12-13H,8-11,14H2,1-2H3,(H,25,28). The Balaban J connectivity index is 1.64. The molecule has 0 aromatic heterocycles. The number of nitrogens with one attached hydrogen (secondary N) is 1. The van der Waals surface area contributed by atoms with E-state index in [-0.39, 0.29) is 12.3 Å². The molecule has 1 aliphatic rings. The van der Waals surface area contributed by atoms with E-state index >= 15 is 0 Å². The Bertz CT molecular complexity index is 843. The van der Waals surface area contributed by atoms with E-state index in [2.05, 4.69) is 22.2 Å². The van der Waals surface area contributed by atoms with Crippen LogP contribution in [-0.2, 0) is 17.4 Å². The summed E-state index contributed by atoms with van der Waals surface area (Å²) in [6.07, 6.45) is -4.52. The van der Waals surface area contributed by atoms with Crippen LogP contribution in [0.1, 0.15) is 16.7 Å². The van der Waals surface area contributed by atoms with Crippen LogP contribution in [0.25, 0.3) is 0 Å². The fourth-order valence-corrected chi connectivity index (χ4v) is 3.38. The van der Waals surface area contributed by atoms with Crippen molar-refractivity contribution in [2.75, 3.05) is 43.4 Å². The minimum Gasteiger partial charge on any atom is -0.369 e. The van der Waals surface area contributed by atoms with Gasteiger partial charge >= 0.3 is 6.18 Å². The van der Waals surface area contributed by atoms with E-state index in [1.54, 1.807) is 0 Å². The Morgan fingerprint density at radius 3 is 2.43 bits per heavy atom. The molecule has 150 valence electrons. The Morgan fingerprint density at radius 2 is 1.79 bits per heavy atom. The number of alkyl halides is 3. The van der Waals surface area contributed by atoms with Crippen LogP contribution in [-0.4, -0.2) is 44.0 Å². The molecule has 1 saturated heterocycles. The molecule has 0 unspecified atom stereocenters. The normalized spacial score (nSPS) is 15.5. The Morgan fingerprint density at radius 1 is 1.07 bits per heavy atom. The number of hydrogen-bond donors (Lipinski definition) is 1. The molecule has 3 rings (SSSR count). The topological polar surface area (TPSA) is 35.6 Å². The molecule has 2 aromatic carbocycles. The number of rotatable bonds is 4. The number of benzene rings is 2. The number of likely N-dealkylation sites (N-methyl/N-ethyl adjacent to an activating group) is 1. The SMILES string of the molecule is Cc1cc(NC(=O)Cc2cccc(C(F)(F)F)c2)ccc1N1CCN(C)CC1. The van der Waals surface area contributed by atoms with Crippen molar-refractivity contribution in [1.82, 2.24) is 4.90 Å². The zero-order valence-electron chi connectivity index (χ0n) is 16.0. The molecule has 1 N–H and O–H groups in total. The highest BCUT2D eigenvalue weighted by atomic mass is 19.4. The number of carbonyl (C=O) groups excluding carboxylic acids is 1. The zero-order chi connectivity index (χ0) is 20.3. The van der Waals surface area contributed by atoms with Gasteiger partial charge in [-0.05, 0) is 49.4 Å². The first kappa shape index (κ1) is 20.2. The third-order valence-electron chi connectivity index (χ3n) is 4.94. The molecule has 1 aliphatic heterocycles. The minimum atomic E-state index is -4.41. The van der Waals surface area contributed by atoms with Crippen LogP contribution in [0.5, 0.6) is 0 Å². The van der Waals surface area contributed by atoms with Crippen LogP contribution in [0, 0.1) is 6.92 Å². The smallest absolute Gasteiger partial charge is 0.369 e. The third-order valence-corrected chi connectivity index (χ3v) is 4.94. The van der Waals surface area contributed by atoms with Gasteiger partial charge in [-0.25, -0.2) is 0 Å². The third kappa shape index (κ3) is 5.04. The average molecular weight is 391 g/mol. The molecule has 0 atom stereocenters. The molecule has 0 spiro atoms. The van der Waals surface area contributed by atoms with Gasteiger partial charge in [0, 0.05) is 37.6 Å². The fourth-order valence-electron chi connectivity index (χ4n) is 3.38. The number of anilines is 2. The maximum absolute atomic E-state index is 12.8. The van der Waals surface area contributed by atoms with Gasteiger partial charge in [-0.2, -0.15) is 13.2 Å². The van der Waals surface area contributed by atoms with Crippen LogP contribution in [0.3, 0.4) is 0 Å². The summed E-state index contributed by atoms with van der Waals surface area (Å²) >= 11 is 0. The van der Waals surface area contributed by atoms with E-state index in [0.29, 0.717) is 11.3 Å². The van der Waals surface area contributed by atoms with Crippen LogP contribution < -0.4 is 10.2 Å². The summed E-state index contributed by atoms with van der Waals surface area (Å²) in [7, 11) is 2.10. The quantitative estimate of drug-likeness (QED) is 0.857. The van der Waals surface area contributed by atoms with E-state index in [0.717, 1.165) is 49.6 Å². The second-order valence-electron chi connectivity index (χ2n) is 7.21. The molecule has 2 aromatic rings. The van der Waals surface area contributed by atoms with Crippen LogP contribution in [0.4, 0.5) is 24.5 Å². The molecule has 28 heavy (non-hydrogen) atoms. The number of carbonyl (C=O) groups is 1. The lowest BCUT2D eigenvalue weighted by Crippen LogP contribution is -2.44. The highest BCUT2D eigenvalue weighted by Gasteiger charge is 2.30. The highest BCUT2D eigenvalue weighted by molar-refractivity contribution is 5.92. The summed E-state index contributed by atoms with van der Waals surface area (Å²) in [5.74, 6) is -0.342. The minimum absolute atomic E-state index is 0.108. The monoisotopic (exact) mass is 391 g/mol. The number of hydrogen-bond acceptors (Lipinski definition) is 3. The Labute approximate surface area is 162 Å². The molecule has 0 bridgehead atoms. The number of halogens is 3. The molecule has 1 heterocycles. The van der Waals surface area contributed by atoms with Gasteiger partial charge in [0.1, 0.15) is 0 Å². The number of piperazine rings is 1. The lowest BCUT2D eigenvalue weighted by molar-refractivity contribution is -0.137. The number of amides is 1. The maximum Gasteiger partial charge on any atom is 0.416 e. The molecule has 4 nitrogen and oxygen atoms in total. The predicted octanol–water partition coefficient (Wildman–Crippen LogP) is 3.95. The molecular weight excluding hydrogens is 367 g/mol. The summed E-state index contributed by atoms with van der Waals surface area (Å²) in [6.45, 7) is 5.93. The van der Waals surface area contributed by atoms with Crippen molar-refractivity contribution in [1.29, 1.82) is 0 Å². The fraction of sp³-hybridized carbons (Fsp3) is 0.381. The van der Waals surface area contributed by atoms with E-state index in [4.69, 9.17) is 0 Å². The molecular formula is C21H24F3N3O. The number of nitrogens with zero attached hydrogens (tertiary/aromatic N) is 2. The van der Waals surface area contributed by atoms with Crippen molar-refractivity contribution in [3.8, 4) is 0 Å². The van der Waals surface area contributed by atoms with E-state index in [1.165, 1.54) is 12.1 Å². The molecule has 0 aliphatic carbocycles. The first-order valence-corrected chi connectivity index (χ1v) is 9.22. The maximum atomic E-state index is 12.8. The molecule has 7 heteroatoms. The lowest BCUT2D eigenvalue weighted by Gasteiger charge is -2.35. The van der Waals surface area contributed by atoms with Crippen LogP contribution in [0.15, 0.2) is 42.5 Å². The average Bonchev–Trinajstić information content (AvgIpc) is 2.62. The summed E-state index contributed by atoms with van der Waals surface area (Å²) < 4.78 is 38.4. The van der Waals surface area contributed by atoms with Gasteiger partial charge in [0.2, 0.25) is 5.91 Å². The van der Waals surface area contributed by atoms with Crippen LogP contribution in [0.2, 0.25) is 0 Å². The molecule has 1 fully saturated rings. The van der Waals surface area contributed by atoms with Crippen molar-refractivity contribution < 1.29 is 18.0 Å². The van der Waals surface area contributed by atoms with Gasteiger partial charge in [0.25, 0.3) is 0 Å². The summed E-state index contributed by atoms with van der Waals surface area (Å²) in [5.41, 5.74) is 2.43. The van der Waals surface area contributed by atoms with E-state index in [9.17, 15) is 18.0 Å². The summed E-state index contributed by atoms with van der Waals surface area (Å²) in [5, 5.41) is 2.78. The summed E-state index contributed by atoms with van der Waals surface area (Å²) in [4.78, 5) is 16.9. The first-order valence-electron chi connectivity index (χ1n) is 9.22. The Kier molecular flexibility index (Phi) is 5.93. The van der Waals surface area contributed by atoms with Crippen molar-refractivity contribution >= 4 is 17.3 Å². The van der Waals surface area contributed by atoms with Crippen molar-refractivity contribution in [3.63, 3.8) is 0 Å². The van der Waals surface area contributed by atoms with Gasteiger partial charge in [-0.1, -0.05) is 18.2 Å². The molecule has 0 radical (unpaired) electrons. The van der Waals surface area contributed by atoms with Gasteiger partial charge in [-0.3, -0.25) is 4.79 Å². The largest absolute Gasteiger partial charge is 0.416 e. The van der Waals surface area contributed by atoms with Gasteiger partial charge < -0.3 is 15.1 Å². The second kappa shape index (κ2) is 8.22. The highest BCUT2D eigenvalue weighted by Crippen LogP contribution is 2.30. The zero-order valence-corrected chi connectivity index (χ0v) is 16.0. The molecule has 1 amide bonds. The number of aryl methyl sites for hydroxylation is 1. The first-order chi connectivity index (χ1) is 13.2. The lowest BCUT2D eigenvalue weighted by atomic mass is 10.1. The summed E-state index contributed by atoms with van der Waals surface area (Å²) in [6, 6.07) is 10.6. The van der Waals surface area contributed by atoms with Gasteiger partial charge in [-0.15, -0.1) is 0 Å². The van der Waals surface area contributed by atoms with Crippen LogP contribution >= 0.6 is 0 Å². The predicted molar refractivity (Wildman–Crippen MR) is 105 cm³/mol. The molecule has 0 saturated carbocycles.